The molecule has 2 heterocycles. The molecule has 6 nitrogen and oxygen atoms in total. The highest BCUT2D eigenvalue weighted by molar-refractivity contribution is 7.13. The van der Waals surface area contributed by atoms with Gasteiger partial charge in [-0.25, -0.2) is 0 Å². The predicted molar refractivity (Wildman–Crippen MR) is 114 cm³/mol. The van der Waals surface area contributed by atoms with Gasteiger partial charge in [-0.2, -0.15) is 0 Å². The molecule has 0 bridgehead atoms. The second-order valence-corrected chi connectivity index (χ2v) is 8.01. The Morgan fingerprint density at radius 1 is 1.17 bits per heavy atom. The van der Waals surface area contributed by atoms with Gasteiger partial charge in [0.2, 0.25) is 5.01 Å². The van der Waals surface area contributed by atoms with Crippen LogP contribution in [0.15, 0.2) is 54.6 Å². The molecular weight excluding hydrogens is 384 g/mol. The summed E-state index contributed by atoms with van der Waals surface area (Å²) in [6.07, 6.45) is 2.27. The van der Waals surface area contributed by atoms with Gasteiger partial charge in [0.15, 0.2) is 0 Å². The fraction of sp³-hybridized carbons (Fsp3) is 0.318. The first-order chi connectivity index (χ1) is 14.2. The Kier molecular flexibility index (Phi) is 6.17. The maximum Gasteiger partial charge on any atom is 0.286 e. The number of amides is 1. The zero-order valence-electron chi connectivity index (χ0n) is 16.4. The van der Waals surface area contributed by atoms with Crippen molar-refractivity contribution in [1.82, 2.24) is 15.1 Å². The summed E-state index contributed by atoms with van der Waals surface area (Å²) in [6, 6.07) is 18.1. The molecule has 3 aromatic rings. The molecule has 1 atom stereocenters. The van der Waals surface area contributed by atoms with E-state index in [1.54, 1.807) is 0 Å². The van der Waals surface area contributed by atoms with Crippen molar-refractivity contribution in [1.29, 1.82) is 0 Å². The summed E-state index contributed by atoms with van der Waals surface area (Å²) < 4.78 is 5.55. The quantitative estimate of drug-likeness (QED) is 0.622. The third-order valence-corrected chi connectivity index (χ3v) is 5.88. The number of hydrogen-bond acceptors (Lipinski definition) is 6. The van der Waals surface area contributed by atoms with Crippen molar-refractivity contribution in [2.75, 3.05) is 18.5 Å². The third kappa shape index (κ3) is 4.81. The second-order valence-electron chi connectivity index (χ2n) is 6.95. The van der Waals surface area contributed by atoms with Crippen LogP contribution in [0.25, 0.3) is 0 Å². The number of nitrogens with zero attached hydrogens (tertiary/aromatic N) is 3. The number of carbonyl (C=O) groups excluding carboxylic acids is 1. The van der Waals surface area contributed by atoms with Crippen LogP contribution in [0.5, 0.6) is 5.75 Å². The van der Waals surface area contributed by atoms with E-state index in [4.69, 9.17) is 4.74 Å². The lowest BCUT2D eigenvalue weighted by molar-refractivity contribution is 0.102. The predicted octanol–water partition coefficient (Wildman–Crippen LogP) is 4.53. The first-order valence-electron chi connectivity index (χ1n) is 9.88. The van der Waals surface area contributed by atoms with Crippen molar-refractivity contribution in [3.05, 3.63) is 70.2 Å². The molecule has 4 rings (SSSR count). The Morgan fingerprint density at radius 2 is 1.97 bits per heavy atom. The second kappa shape index (κ2) is 9.15. The molecule has 1 N–H and O–H groups in total. The van der Waals surface area contributed by atoms with Gasteiger partial charge in [-0.1, -0.05) is 41.7 Å². The van der Waals surface area contributed by atoms with Gasteiger partial charge >= 0.3 is 0 Å². The molecule has 29 heavy (non-hydrogen) atoms. The number of benzene rings is 2. The third-order valence-electron chi connectivity index (χ3n) is 4.97. The number of hydrogen-bond donors (Lipinski definition) is 1. The Hall–Kier alpha value is -2.77. The summed E-state index contributed by atoms with van der Waals surface area (Å²) in [5, 5.41) is 12.5. The SMILES string of the molecule is CCOc1ccc(C2CCCN2Cc2nnc(C(=O)Nc3ccccc3)s2)cc1. The molecule has 1 aromatic heterocycles. The number of rotatable bonds is 7. The standard InChI is InChI=1S/C22H24N4O2S/c1-2-28-18-12-10-16(11-13-18)19-9-6-14-26(19)15-20-24-25-22(29-20)21(27)23-17-7-4-3-5-8-17/h3-5,7-8,10-13,19H,2,6,9,14-15H2,1H3,(H,23,27). The smallest absolute Gasteiger partial charge is 0.286 e. The number of anilines is 1. The van der Waals surface area contributed by atoms with Gasteiger partial charge < -0.3 is 10.1 Å². The van der Waals surface area contributed by atoms with Crippen molar-refractivity contribution in [2.45, 2.75) is 32.4 Å². The summed E-state index contributed by atoms with van der Waals surface area (Å²) in [5.41, 5.74) is 2.04. The summed E-state index contributed by atoms with van der Waals surface area (Å²) in [6.45, 7) is 4.38. The highest BCUT2D eigenvalue weighted by Gasteiger charge is 2.27. The van der Waals surface area contributed by atoms with Gasteiger partial charge in [0.25, 0.3) is 5.91 Å². The number of aromatic nitrogens is 2. The van der Waals surface area contributed by atoms with E-state index in [0.29, 0.717) is 24.2 Å². The Balaban J connectivity index is 1.40. The molecule has 1 saturated heterocycles. The molecule has 1 aliphatic heterocycles. The van der Waals surface area contributed by atoms with Crippen molar-refractivity contribution in [3.63, 3.8) is 0 Å². The van der Waals surface area contributed by atoms with Crippen LogP contribution in [0.1, 0.15) is 46.2 Å². The first-order valence-corrected chi connectivity index (χ1v) is 10.7. The average Bonchev–Trinajstić information content (AvgIpc) is 3.40. The van der Waals surface area contributed by atoms with Gasteiger partial charge in [-0.3, -0.25) is 9.69 Å². The first kappa shape index (κ1) is 19.5. The van der Waals surface area contributed by atoms with Crippen LogP contribution in [0, 0.1) is 0 Å². The minimum atomic E-state index is -0.218. The Bertz CT molecular complexity index is 943. The number of ether oxygens (including phenoxy) is 1. The normalized spacial score (nSPS) is 16.7. The lowest BCUT2D eigenvalue weighted by Gasteiger charge is -2.23. The molecule has 2 aromatic carbocycles. The van der Waals surface area contributed by atoms with Crippen molar-refractivity contribution in [3.8, 4) is 5.75 Å². The molecule has 0 radical (unpaired) electrons. The van der Waals surface area contributed by atoms with Crippen LogP contribution in [-0.2, 0) is 6.54 Å². The van der Waals surface area contributed by atoms with E-state index in [1.165, 1.54) is 16.9 Å². The molecular formula is C22H24N4O2S. The van der Waals surface area contributed by atoms with Gasteiger partial charge in [0.05, 0.1) is 13.2 Å². The van der Waals surface area contributed by atoms with E-state index in [1.807, 2.05) is 49.4 Å². The monoisotopic (exact) mass is 408 g/mol. The molecule has 150 valence electrons. The van der Waals surface area contributed by atoms with E-state index < -0.39 is 0 Å². The van der Waals surface area contributed by atoms with Crippen molar-refractivity contribution >= 4 is 22.9 Å². The maximum atomic E-state index is 12.4. The summed E-state index contributed by atoms with van der Waals surface area (Å²) in [4.78, 5) is 14.8. The van der Waals surface area contributed by atoms with E-state index in [-0.39, 0.29) is 5.91 Å². The topological polar surface area (TPSA) is 67.3 Å². The van der Waals surface area contributed by atoms with Crippen LogP contribution in [0.3, 0.4) is 0 Å². The molecule has 0 saturated carbocycles. The minimum Gasteiger partial charge on any atom is -0.494 e. The average molecular weight is 409 g/mol. The maximum absolute atomic E-state index is 12.4. The van der Waals surface area contributed by atoms with Crippen LogP contribution in [0.4, 0.5) is 5.69 Å². The zero-order chi connectivity index (χ0) is 20.1. The van der Waals surface area contributed by atoms with Crippen LogP contribution >= 0.6 is 11.3 Å². The molecule has 1 amide bonds. The number of para-hydroxylation sites is 1. The van der Waals surface area contributed by atoms with E-state index in [0.717, 1.165) is 35.8 Å². The molecule has 0 aliphatic carbocycles. The van der Waals surface area contributed by atoms with Crippen LogP contribution < -0.4 is 10.1 Å². The van der Waals surface area contributed by atoms with E-state index in [2.05, 4.69) is 32.5 Å². The van der Waals surface area contributed by atoms with Gasteiger partial charge in [0, 0.05) is 11.7 Å². The van der Waals surface area contributed by atoms with Gasteiger partial charge in [-0.05, 0) is 56.1 Å². The van der Waals surface area contributed by atoms with E-state index >= 15 is 0 Å². The van der Waals surface area contributed by atoms with Crippen LogP contribution in [0.2, 0.25) is 0 Å². The van der Waals surface area contributed by atoms with E-state index in [9.17, 15) is 4.79 Å². The number of carbonyl (C=O) groups is 1. The van der Waals surface area contributed by atoms with Gasteiger partial charge in [-0.15, -0.1) is 10.2 Å². The number of likely N-dealkylation sites (tertiary alicyclic amines) is 1. The summed E-state index contributed by atoms with van der Waals surface area (Å²) >= 11 is 1.36. The molecule has 1 fully saturated rings. The lowest BCUT2D eigenvalue weighted by atomic mass is 10.0. The minimum absolute atomic E-state index is 0.218. The largest absolute Gasteiger partial charge is 0.494 e. The lowest BCUT2D eigenvalue weighted by Crippen LogP contribution is -2.22. The fourth-order valence-electron chi connectivity index (χ4n) is 3.63. The zero-order valence-corrected chi connectivity index (χ0v) is 17.2. The number of nitrogens with one attached hydrogen (secondary N) is 1. The Morgan fingerprint density at radius 3 is 2.72 bits per heavy atom. The van der Waals surface area contributed by atoms with Crippen molar-refractivity contribution in [2.24, 2.45) is 0 Å². The molecule has 1 unspecified atom stereocenters. The fourth-order valence-corrected chi connectivity index (χ4v) is 4.40. The van der Waals surface area contributed by atoms with Gasteiger partial charge in [0.1, 0.15) is 10.8 Å². The molecule has 0 spiro atoms. The molecule has 7 heteroatoms. The van der Waals surface area contributed by atoms with Crippen LogP contribution in [-0.4, -0.2) is 34.2 Å². The van der Waals surface area contributed by atoms with Crippen molar-refractivity contribution < 1.29 is 9.53 Å². The Labute approximate surface area is 174 Å². The summed E-state index contributed by atoms with van der Waals surface area (Å²) in [7, 11) is 0. The highest BCUT2D eigenvalue weighted by Crippen LogP contribution is 2.34. The highest BCUT2D eigenvalue weighted by atomic mass is 32.1. The summed E-state index contributed by atoms with van der Waals surface area (Å²) in [5.74, 6) is 0.684. The molecule has 1 aliphatic rings.